The quantitative estimate of drug-likeness (QED) is 0.939. The number of nitrogens with one attached hydrogen (secondary N) is 1. The summed E-state index contributed by atoms with van der Waals surface area (Å²) in [5.74, 6) is 2.19. The minimum Gasteiger partial charge on any atom is -0.347 e. The summed E-state index contributed by atoms with van der Waals surface area (Å²) in [4.78, 5) is 11.4. The molecular formula is C16H23N5. The summed E-state index contributed by atoms with van der Waals surface area (Å²) < 4.78 is 2.21. The van der Waals surface area contributed by atoms with Crippen LogP contribution in [0.15, 0.2) is 30.7 Å². The van der Waals surface area contributed by atoms with Crippen LogP contribution in [0.5, 0.6) is 0 Å². The molecule has 112 valence electrons. The summed E-state index contributed by atoms with van der Waals surface area (Å²) in [6, 6.07) is 4.16. The van der Waals surface area contributed by atoms with Gasteiger partial charge in [-0.2, -0.15) is 0 Å². The van der Waals surface area contributed by atoms with Crippen molar-refractivity contribution in [1.82, 2.24) is 19.9 Å². The van der Waals surface area contributed by atoms with E-state index >= 15 is 0 Å². The van der Waals surface area contributed by atoms with Crippen molar-refractivity contribution in [2.45, 2.75) is 45.9 Å². The van der Waals surface area contributed by atoms with Gasteiger partial charge >= 0.3 is 0 Å². The lowest BCUT2D eigenvalue weighted by Gasteiger charge is -2.30. The van der Waals surface area contributed by atoms with Gasteiger partial charge in [0.1, 0.15) is 11.6 Å². The van der Waals surface area contributed by atoms with E-state index in [4.69, 9.17) is 0 Å². The summed E-state index contributed by atoms with van der Waals surface area (Å²) in [5.41, 5.74) is 1.35. The Kier molecular flexibility index (Phi) is 3.68. The molecule has 3 heterocycles. The second-order valence-corrected chi connectivity index (χ2v) is 6.55. The van der Waals surface area contributed by atoms with Gasteiger partial charge in [0.05, 0.1) is 6.54 Å². The normalized spacial score (nSPS) is 15.1. The first kappa shape index (κ1) is 14.1. The van der Waals surface area contributed by atoms with Crippen LogP contribution in [-0.2, 0) is 19.6 Å². The first-order chi connectivity index (χ1) is 10.0. The summed E-state index contributed by atoms with van der Waals surface area (Å²) in [6.07, 6.45) is 5.80. The summed E-state index contributed by atoms with van der Waals surface area (Å²) in [5, 5.41) is 3.54. The third-order valence-electron chi connectivity index (χ3n) is 3.72. The Hall–Kier alpha value is -1.88. The Bertz CT molecular complexity index is 611. The minimum atomic E-state index is 0.102. The first-order valence-corrected chi connectivity index (χ1v) is 7.47. The molecule has 0 saturated heterocycles. The van der Waals surface area contributed by atoms with Gasteiger partial charge in [-0.25, -0.2) is 9.97 Å². The predicted molar refractivity (Wildman–Crippen MR) is 84.1 cm³/mol. The molecular weight excluding hydrogens is 262 g/mol. The zero-order valence-electron chi connectivity index (χ0n) is 13.0. The molecule has 0 spiro atoms. The molecule has 0 radical (unpaired) electrons. The largest absolute Gasteiger partial charge is 0.347 e. The maximum absolute atomic E-state index is 4.61. The van der Waals surface area contributed by atoms with Crippen LogP contribution in [0.4, 0.5) is 5.82 Å². The Morgan fingerprint density at radius 1 is 1.19 bits per heavy atom. The lowest BCUT2D eigenvalue weighted by molar-refractivity contribution is 0.423. The standard InChI is InChI=1S/C16H23N5/c1-16(2,3)19-11-13-5-4-6-18-15(13)21-10-9-20-8-7-17-14(20)12-21/h4-8,19H,9-12H2,1-3H3. The van der Waals surface area contributed by atoms with Gasteiger partial charge in [-0.1, -0.05) is 6.07 Å². The number of hydrogen-bond donors (Lipinski definition) is 1. The second-order valence-electron chi connectivity index (χ2n) is 6.55. The molecule has 0 saturated carbocycles. The lowest BCUT2D eigenvalue weighted by Crippen LogP contribution is -2.37. The Morgan fingerprint density at radius 2 is 2.05 bits per heavy atom. The molecule has 1 N–H and O–H groups in total. The fourth-order valence-electron chi connectivity index (χ4n) is 2.57. The van der Waals surface area contributed by atoms with Crippen LogP contribution in [0.2, 0.25) is 0 Å². The molecule has 2 aromatic heterocycles. The highest BCUT2D eigenvalue weighted by molar-refractivity contribution is 5.47. The van der Waals surface area contributed by atoms with E-state index in [-0.39, 0.29) is 5.54 Å². The molecule has 1 aliphatic heterocycles. The van der Waals surface area contributed by atoms with Gasteiger partial charge in [-0.3, -0.25) is 0 Å². The molecule has 0 aliphatic carbocycles. The fraction of sp³-hybridized carbons (Fsp3) is 0.500. The van der Waals surface area contributed by atoms with Crippen molar-refractivity contribution < 1.29 is 0 Å². The van der Waals surface area contributed by atoms with E-state index in [1.807, 2.05) is 24.7 Å². The Labute approximate surface area is 126 Å². The van der Waals surface area contributed by atoms with E-state index in [0.717, 1.165) is 37.8 Å². The molecule has 0 amide bonds. The van der Waals surface area contributed by atoms with Crippen LogP contribution in [0, 0.1) is 0 Å². The lowest BCUT2D eigenvalue weighted by atomic mass is 10.1. The number of rotatable bonds is 3. The number of nitrogens with zero attached hydrogens (tertiary/aromatic N) is 4. The maximum Gasteiger partial charge on any atom is 0.133 e. The molecule has 0 aromatic carbocycles. The van der Waals surface area contributed by atoms with Gasteiger partial charge in [0, 0.05) is 49.3 Å². The molecule has 21 heavy (non-hydrogen) atoms. The number of pyridine rings is 1. The van der Waals surface area contributed by atoms with E-state index < -0.39 is 0 Å². The van der Waals surface area contributed by atoms with Gasteiger partial charge in [0.25, 0.3) is 0 Å². The molecule has 5 nitrogen and oxygen atoms in total. The molecule has 5 heteroatoms. The van der Waals surface area contributed by atoms with E-state index in [9.17, 15) is 0 Å². The minimum absolute atomic E-state index is 0.102. The monoisotopic (exact) mass is 285 g/mol. The van der Waals surface area contributed by atoms with Crippen molar-refractivity contribution in [3.8, 4) is 0 Å². The van der Waals surface area contributed by atoms with Gasteiger partial charge in [0.15, 0.2) is 0 Å². The highest BCUT2D eigenvalue weighted by atomic mass is 15.3. The van der Waals surface area contributed by atoms with Crippen molar-refractivity contribution >= 4 is 5.82 Å². The van der Waals surface area contributed by atoms with Crippen LogP contribution >= 0.6 is 0 Å². The number of aromatic nitrogens is 3. The van der Waals surface area contributed by atoms with Crippen LogP contribution < -0.4 is 10.2 Å². The van der Waals surface area contributed by atoms with Crippen molar-refractivity contribution in [3.05, 3.63) is 42.1 Å². The Morgan fingerprint density at radius 3 is 2.86 bits per heavy atom. The summed E-state index contributed by atoms with van der Waals surface area (Å²) >= 11 is 0. The number of hydrogen-bond acceptors (Lipinski definition) is 4. The van der Waals surface area contributed by atoms with Crippen molar-refractivity contribution in [3.63, 3.8) is 0 Å². The van der Waals surface area contributed by atoms with Gasteiger partial charge in [-0.15, -0.1) is 0 Å². The molecule has 2 aromatic rings. The van der Waals surface area contributed by atoms with Gasteiger partial charge in [-0.05, 0) is 26.8 Å². The topological polar surface area (TPSA) is 46.0 Å². The third kappa shape index (κ3) is 3.24. The van der Waals surface area contributed by atoms with Gasteiger partial charge < -0.3 is 14.8 Å². The van der Waals surface area contributed by atoms with Crippen LogP contribution in [0.25, 0.3) is 0 Å². The van der Waals surface area contributed by atoms with Crippen molar-refractivity contribution in [2.24, 2.45) is 0 Å². The van der Waals surface area contributed by atoms with E-state index in [1.54, 1.807) is 0 Å². The van der Waals surface area contributed by atoms with Crippen LogP contribution in [0.1, 0.15) is 32.2 Å². The number of anilines is 1. The molecule has 0 bridgehead atoms. The molecule has 1 aliphatic rings. The second kappa shape index (κ2) is 5.48. The molecule has 0 atom stereocenters. The maximum atomic E-state index is 4.61. The SMILES string of the molecule is CC(C)(C)NCc1cccnc1N1CCn2ccnc2C1. The van der Waals surface area contributed by atoms with E-state index in [2.05, 4.69) is 51.6 Å². The average molecular weight is 285 g/mol. The third-order valence-corrected chi connectivity index (χ3v) is 3.72. The smallest absolute Gasteiger partial charge is 0.133 e. The molecule has 0 fully saturated rings. The van der Waals surface area contributed by atoms with Crippen molar-refractivity contribution in [2.75, 3.05) is 11.4 Å². The molecule has 3 rings (SSSR count). The summed E-state index contributed by atoms with van der Waals surface area (Å²) in [7, 11) is 0. The highest BCUT2D eigenvalue weighted by Gasteiger charge is 2.20. The zero-order chi connectivity index (χ0) is 14.9. The van der Waals surface area contributed by atoms with Gasteiger partial charge in [0.2, 0.25) is 0 Å². The number of fused-ring (bicyclic) bond motifs is 1. The van der Waals surface area contributed by atoms with Crippen LogP contribution in [0.3, 0.4) is 0 Å². The van der Waals surface area contributed by atoms with Crippen molar-refractivity contribution in [1.29, 1.82) is 0 Å². The highest BCUT2D eigenvalue weighted by Crippen LogP contribution is 2.22. The average Bonchev–Trinajstić information content (AvgIpc) is 2.92. The number of imidazole rings is 1. The van der Waals surface area contributed by atoms with E-state index in [1.165, 1.54) is 5.56 Å². The summed E-state index contributed by atoms with van der Waals surface area (Å²) in [6.45, 7) is 10.1. The predicted octanol–water partition coefficient (Wildman–Crippen LogP) is 2.19. The molecule has 0 unspecified atom stereocenters. The Balaban J connectivity index is 1.79. The van der Waals surface area contributed by atoms with E-state index in [0.29, 0.717) is 0 Å². The van der Waals surface area contributed by atoms with Crippen LogP contribution in [-0.4, -0.2) is 26.6 Å². The first-order valence-electron chi connectivity index (χ1n) is 7.47. The zero-order valence-corrected chi connectivity index (χ0v) is 13.0. The fourth-order valence-corrected chi connectivity index (χ4v) is 2.57.